The Kier molecular flexibility index (Phi) is 5.62. The summed E-state index contributed by atoms with van der Waals surface area (Å²) in [7, 11) is -3.13. The average molecular weight is 276 g/mol. The molecule has 0 saturated heterocycles. The van der Waals surface area contributed by atoms with Crippen molar-refractivity contribution >= 4 is 10.0 Å². The van der Waals surface area contributed by atoms with Crippen molar-refractivity contribution in [3.8, 4) is 0 Å². The zero-order chi connectivity index (χ0) is 13.8. The predicted molar refractivity (Wildman–Crippen MR) is 76.1 cm³/mol. The lowest BCUT2D eigenvalue weighted by Crippen LogP contribution is -2.50. The van der Waals surface area contributed by atoms with Crippen LogP contribution in [-0.4, -0.2) is 33.3 Å². The van der Waals surface area contributed by atoms with Gasteiger partial charge in [0, 0.05) is 12.1 Å². The Morgan fingerprint density at radius 1 is 1.17 bits per heavy atom. The van der Waals surface area contributed by atoms with Crippen LogP contribution in [0.1, 0.15) is 46.5 Å². The maximum atomic E-state index is 11.2. The van der Waals surface area contributed by atoms with E-state index in [0.717, 1.165) is 18.4 Å². The van der Waals surface area contributed by atoms with Crippen LogP contribution in [0.15, 0.2) is 0 Å². The predicted octanol–water partition coefficient (Wildman–Crippen LogP) is 1.73. The Labute approximate surface area is 112 Å². The Morgan fingerprint density at radius 3 is 2.22 bits per heavy atom. The van der Waals surface area contributed by atoms with Crippen molar-refractivity contribution < 1.29 is 8.42 Å². The molecule has 1 rings (SSSR count). The molecule has 5 heteroatoms. The van der Waals surface area contributed by atoms with Crippen LogP contribution in [0.5, 0.6) is 0 Å². The topological polar surface area (TPSA) is 58.2 Å². The molecule has 18 heavy (non-hydrogen) atoms. The maximum absolute atomic E-state index is 11.2. The molecule has 4 nitrogen and oxygen atoms in total. The maximum Gasteiger partial charge on any atom is 0.209 e. The molecule has 0 aliphatic heterocycles. The first-order valence-corrected chi connectivity index (χ1v) is 8.77. The van der Waals surface area contributed by atoms with Crippen molar-refractivity contribution in [1.29, 1.82) is 0 Å². The van der Waals surface area contributed by atoms with E-state index in [1.165, 1.54) is 31.9 Å². The van der Waals surface area contributed by atoms with Gasteiger partial charge in [0.2, 0.25) is 10.0 Å². The van der Waals surface area contributed by atoms with Gasteiger partial charge < -0.3 is 5.32 Å². The second-order valence-electron chi connectivity index (χ2n) is 6.51. The van der Waals surface area contributed by atoms with Crippen LogP contribution in [-0.2, 0) is 10.0 Å². The summed E-state index contributed by atoms with van der Waals surface area (Å²) in [5.41, 5.74) is -0.421. The van der Waals surface area contributed by atoms with Gasteiger partial charge in [0.1, 0.15) is 0 Å². The van der Waals surface area contributed by atoms with Crippen LogP contribution >= 0.6 is 0 Å². The zero-order valence-corrected chi connectivity index (χ0v) is 12.9. The largest absolute Gasteiger partial charge is 0.315 e. The lowest BCUT2D eigenvalue weighted by molar-refractivity contribution is 0.275. The second-order valence-corrected chi connectivity index (χ2v) is 8.26. The van der Waals surface area contributed by atoms with Crippen LogP contribution in [0.4, 0.5) is 0 Å². The minimum Gasteiger partial charge on any atom is -0.315 e. The van der Waals surface area contributed by atoms with Gasteiger partial charge in [-0.15, -0.1) is 0 Å². The molecule has 0 spiro atoms. The Bertz CT molecular complexity index is 344. The number of hydrogen-bond donors (Lipinski definition) is 2. The summed E-state index contributed by atoms with van der Waals surface area (Å²) >= 11 is 0. The van der Waals surface area contributed by atoms with Crippen LogP contribution < -0.4 is 10.0 Å². The Hall–Kier alpha value is -0.130. The quantitative estimate of drug-likeness (QED) is 0.777. The number of hydrogen-bond acceptors (Lipinski definition) is 3. The van der Waals surface area contributed by atoms with E-state index in [1.807, 2.05) is 13.8 Å². The lowest BCUT2D eigenvalue weighted by atomic mass is 9.83. The molecule has 2 N–H and O–H groups in total. The molecule has 1 saturated carbocycles. The van der Waals surface area contributed by atoms with E-state index >= 15 is 0 Å². The summed E-state index contributed by atoms with van der Waals surface area (Å²) in [5.74, 6) is 1.64. The summed E-state index contributed by atoms with van der Waals surface area (Å²) in [6.45, 7) is 7.81. The molecule has 1 fully saturated rings. The van der Waals surface area contributed by atoms with Gasteiger partial charge in [0.25, 0.3) is 0 Å². The molecule has 0 aromatic rings. The van der Waals surface area contributed by atoms with Crippen molar-refractivity contribution in [2.45, 2.75) is 52.0 Å². The van der Waals surface area contributed by atoms with E-state index in [1.54, 1.807) is 0 Å². The van der Waals surface area contributed by atoms with Crippen LogP contribution in [0.2, 0.25) is 0 Å². The van der Waals surface area contributed by atoms with Crippen molar-refractivity contribution in [3.05, 3.63) is 0 Å². The highest BCUT2D eigenvalue weighted by Crippen LogP contribution is 2.27. The minimum absolute atomic E-state index is 0.421. The minimum atomic E-state index is -3.13. The standard InChI is InChI=1S/C13H28N2O2S/c1-11-5-7-12(8-6-11)9-14-10-13(2,3)15-18(4,16)17/h11-12,14-15H,5-10H2,1-4H3. The van der Waals surface area contributed by atoms with Gasteiger partial charge in [0.15, 0.2) is 0 Å². The monoisotopic (exact) mass is 276 g/mol. The van der Waals surface area contributed by atoms with Gasteiger partial charge in [0.05, 0.1) is 6.26 Å². The van der Waals surface area contributed by atoms with E-state index in [4.69, 9.17) is 0 Å². The summed E-state index contributed by atoms with van der Waals surface area (Å²) in [5, 5.41) is 3.41. The van der Waals surface area contributed by atoms with Gasteiger partial charge >= 0.3 is 0 Å². The van der Waals surface area contributed by atoms with Gasteiger partial charge in [-0.1, -0.05) is 19.8 Å². The van der Waals surface area contributed by atoms with Crippen molar-refractivity contribution in [2.24, 2.45) is 11.8 Å². The average Bonchev–Trinajstić information content (AvgIpc) is 2.17. The van der Waals surface area contributed by atoms with E-state index in [0.29, 0.717) is 6.54 Å². The van der Waals surface area contributed by atoms with Gasteiger partial charge in [-0.2, -0.15) is 0 Å². The van der Waals surface area contributed by atoms with Gasteiger partial charge in [-0.05, 0) is 45.1 Å². The summed E-state index contributed by atoms with van der Waals surface area (Å²) < 4.78 is 25.1. The third-order valence-electron chi connectivity index (χ3n) is 3.60. The van der Waals surface area contributed by atoms with Crippen molar-refractivity contribution in [3.63, 3.8) is 0 Å². The highest BCUT2D eigenvalue weighted by atomic mass is 32.2. The fourth-order valence-electron chi connectivity index (χ4n) is 2.66. The molecule has 0 aromatic carbocycles. The first-order chi connectivity index (χ1) is 8.18. The lowest BCUT2D eigenvalue weighted by Gasteiger charge is -2.29. The van der Waals surface area contributed by atoms with Crippen LogP contribution in [0.25, 0.3) is 0 Å². The van der Waals surface area contributed by atoms with Crippen molar-refractivity contribution in [2.75, 3.05) is 19.3 Å². The molecule has 0 unspecified atom stereocenters. The summed E-state index contributed by atoms with van der Waals surface area (Å²) in [6.07, 6.45) is 6.47. The molecule has 0 heterocycles. The Balaban J connectivity index is 2.24. The highest BCUT2D eigenvalue weighted by Gasteiger charge is 2.23. The third-order valence-corrected chi connectivity index (χ3v) is 4.52. The smallest absolute Gasteiger partial charge is 0.209 e. The molecule has 1 aliphatic carbocycles. The molecule has 0 amide bonds. The molecular formula is C13H28N2O2S. The zero-order valence-electron chi connectivity index (χ0n) is 12.1. The molecule has 0 atom stereocenters. The molecular weight excluding hydrogens is 248 g/mol. The molecule has 0 bridgehead atoms. The first-order valence-electron chi connectivity index (χ1n) is 6.87. The molecule has 0 radical (unpaired) electrons. The number of rotatable bonds is 6. The fraction of sp³-hybridized carbons (Fsp3) is 1.00. The summed E-state index contributed by atoms with van der Waals surface area (Å²) in [4.78, 5) is 0. The highest BCUT2D eigenvalue weighted by molar-refractivity contribution is 7.88. The fourth-order valence-corrected chi connectivity index (χ4v) is 3.74. The molecule has 108 valence electrons. The Morgan fingerprint density at radius 2 is 1.72 bits per heavy atom. The number of sulfonamides is 1. The van der Waals surface area contributed by atoms with E-state index in [9.17, 15) is 8.42 Å². The van der Waals surface area contributed by atoms with E-state index in [-0.39, 0.29) is 0 Å². The van der Waals surface area contributed by atoms with E-state index in [2.05, 4.69) is 17.0 Å². The molecule has 0 aromatic heterocycles. The van der Waals surface area contributed by atoms with Crippen LogP contribution in [0.3, 0.4) is 0 Å². The first kappa shape index (κ1) is 15.9. The summed E-state index contributed by atoms with van der Waals surface area (Å²) in [6, 6.07) is 0. The number of nitrogens with one attached hydrogen (secondary N) is 2. The van der Waals surface area contributed by atoms with Crippen LogP contribution in [0, 0.1) is 11.8 Å². The third kappa shape index (κ3) is 6.71. The van der Waals surface area contributed by atoms with E-state index < -0.39 is 15.6 Å². The van der Waals surface area contributed by atoms with Crippen molar-refractivity contribution in [1.82, 2.24) is 10.0 Å². The normalized spacial score (nSPS) is 26.2. The second kappa shape index (κ2) is 6.35. The SMILES string of the molecule is CC1CCC(CNCC(C)(C)NS(C)(=O)=O)CC1. The molecule has 1 aliphatic rings. The van der Waals surface area contributed by atoms with Gasteiger partial charge in [-0.3, -0.25) is 0 Å². The van der Waals surface area contributed by atoms with Gasteiger partial charge in [-0.25, -0.2) is 13.1 Å².